The average molecular weight is 315 g/mol. The third kappa shape index (κ3) is 3.33. The zero-order valence-electron chi connectivity index (χ0n) is 14.1. The largest absolute Gasteiger partial charge is 0.497 e. The van der Waals surface area contributed by atoms with E-state index in [0.29, 0.717) is 0 Å². The van der Waals surface area contributed by atoms with Gasteiger partial charge in [0.05, 0.1) is 14.2 Å². The third-order valence-corrected chi connectivity index (χ3v) is 4.26. The summed E-state index contributed by atoms with van der Waals surface area (Å²) in [5, 5.41) is 11.5. The van der Waals surface area contributed by atoms with Gasteiger partial charge in [-0.25, -0.2) is 0 Å². The van der Waals surface area contributed by atoms with Crippen molar-refractivity contribution < 1.29 is 14.6 Å². The molecule has 0 saturated carbocycles. The van der Waals surface area contributed by atoms with Gasteiger partial charge in [0.15, 0.2) is 0 Å². The second-order valence-corrected chi connectivity index (χ2v) is 5.99. The summed E-state index contributed by atoms with van der Waals surface area (Å²) < 4.78 is 10.4. The van der Waals surface area contributed by atoms with Crippen LogP contribution in [0.1, 0.15) is 25.0 Å². The number of rotatable bonds is 6. The van der Waals surface area contributed by atoms with Gasteiger partial charge in [0.2, 0.25) is 0 Å². The van der Waals surface area contributed by atoms with Crippen LogP contribution in [0.25, 0.3) is 0 Å². The Labute approximate surface area is 137 Å². The molecule has 23 heavy (non-hydrogen) atoms. The van der Waals surface area contributed by atoms with Gasteiger partial charge in [0, 0.05) is 6.04 Å². The fourth-order valence-corrected chi connectivity index (χ4v) is 2.72. The van der Waals surface area contributed by atoms with Crippen LogP contribution in [-0.4, -0.2) is 25.4 Å². The summed E-state index contributed by atoms with van der Waals surface area (Å²) in [6.07, 6.45) is 0. The lowest BCUT2D eigenvalue weighted by Gasteiger charge is -2.37. The Morgan fingerprint density at radius 1 is 0.826 bits per heavy atom. The number of nitrogens with two attached hydrogens (primary N) is 1. The van der Waals surface area contributed by atoms with E-state index in [1.54, 1.807) is 14.2 Å². The van der Waals surface area contributed by atoms with Gasteiger partial charge >= 0.3 is 0 Å². The van der Waals surface area contributed by atoms with Crippen molar-refractivity contribution in [1.29, 1.82) is 0 Å². The standard InChI is InChI=1S/C19H25NO3/c1-13(2)18(20)19(21,14-5-9-16(22-3)10-6-14)15-7-11-17(23-4)12-8-15/h5-13,18,21H,20H2,1-4H3/t18-/m0/s1. The van der Waals surface area contributed by atoms with Gasteiger partial charge in [-0.2, -0.15) is 0 Å². The van der Waals surface area contributed by atoms with Gasteiger partial charge in [-0.15, -0.1) is 0 Å². The molecule has 4 nitrogen and oxygen atoms in total. The zero-order valence-corrected chi connectivity index (χ0v) is 14.1. The van der Waals surface area contributed by atoms with Crippen molar-refractivity contribution in [2.24, 2.45) is 11.7 Å². The van der Waals surface area contributed by atoms with Crippen LogP contribution in [-0.2, 0) is 5.60 Å². The van der Waals surface area contributed by atoms with E-state index < -0.39 is 11.6 Å². The van der Waals surface area contributed by atoms with Crippen LogP contribution in [0.5, 0.6) is 11.5 Å². The first-order valence-corrected chi connectivity index (χ1v) is 7.70. The molecule has 4 heteroatoms. The number of hydrogen-bond donors (Lipinski definition) is 2. The second kappa shape index (κ2) is 7.02. The molecule has 0 fully saturated rings. The molecule has 2 aromatic carbocycles. The zero-order chi connectivity index (χ0) is 17.0. The monoisotopic (exact) mass is 315 g/mol. The van der Waals surface area contributed by atoms with Crippen molar-refractivity contribution in [3.63, 3.8) is 0 Å². The lowest BCUT2D eigenvalue weighted by atomic mass is 9.76. The van der Waals surface area contributed by atoms with Gasteiger partial charge < -0.3 is 20.3 Å². The Hall–Kier alpha value is -2.04. The summed E-state index contributed by atoms with van der Waals surface area (Å²) in [5.41, 5.74) is 6.58. The number of methoxy groups -OCH3 is 2. The van der Waals surface area contributed by atoms with E-state index >= 15 is 0 Å². The van der Waals surface area contributed by atoms with Crippen LogP contribution in [0.4, 0.5) is 0 Å². The topological polar surface area (TPSA) is 64.7 Å². The molecule has 0 unspecified atom stereocenters. The van der Waals surface area contributed by atoms with E-state index in [9.17, 15) is 5.11 Å². The van der Waals surface area contributed by atoms with E-state index in [-0.39, 0.29) is 5.92 Å². The molecule has 0 heterocycles. The van der Waals surface area contributed by atoms with E-state index in [0.717, 1.165) is 22.6 Å². The highest BCUT2D eigenvalue weighted by molar-refractivity contribution is 5.42. The molecule has 0 spiro atoms. The summed E-state index contributed by atoms with van der Waals surface area (Å²) in [6.45, 7) is 4.01. The van der Waals surface area contributed by atoms with Gasteiger partial charge in [-0.1, -0.05) is 38.1 Å². The summed E-state index contributed by atoms with van der Waals surface area (Å²) >= 11 is 0. The maximum atomic E-state index is 11.5. The molecule has 3 N–H and O–H groups in total. The molecule has 2 aromatic rings. The SMILES string of the molecule is COc1ccc(C(O)(c2ccc(OC)cc2)[C@@H](N)C(C)C)cc1. The molecule has 124 valence electrons. The summed E-state index contributed by atoms with van der Waals surface area (Å²) in [6, 6.07) is 14.3. The van der Waals surface area contributed by atoms with Crippen molar-refractivity contribution in [1.82, 2.24) is 0 Å². The lowest BCUT2D eigenvalue weighted by molar-refractivity contribution is 0.0352. The number of hydrogen-bond acceptors (Lipinski definition) is 4. The molecular weight excluding hydrogens is 290 g/mol. The van der Waals surface area contributed by atoms with Crippen LogP contribution < -0.4 is 15.2 Å². The maximum absolute atomic E-state index is 11.5. The Morgan fingerprint density at radius 3 is 1.43 bits per heavy atom. The highest BCUT2D eigenvalue weighted by atomic mass is 16.5. The predicted octanol–water partition coefficient (Wildman–Crippen LogP) is 2.92. The first-order chi connectivity index (χ1) is 10.9. The Kier molecular flexibility index (Phi) is 5.29. The average Bonchev–Trinajstić information content (AvgIpc) is 2.60. The number of benzene rings is 2. The maximum Gasteiger partial charge on any atom is 0.130 e. The van der Waals surface area contributed by atoms with Gasteiger partial charge in [-0.3, -0.25) is 0 Å². The quantitative estimate of drug-likeness (QED) is 0.860. The molecule has 2 rings (SSSR count). The molecule has 0 aliphatic rings. The van der Waals surface area contributed by atoms with Crippen molar-refractivity contribution in [2.75, 3.05) is 14.2 Å². The Balaban J connectivity index is 2.53. The summed E-state index contributed by atoms with van der Waals surface area (Å²) in [5.74, 6) is 1.58. The van der Waals surface area contributed by atoms with E-state index in [1.807, 2.05) is 62.4 Å². The van der Waals surface area contributed by atoms with Gasteiger partial charge in [0.1, 0.15) is 17.1 Å². The molecule has 0 aromatic heterocycles. The summed E-state index contributed by atoms with van der Waals surface area (Å²) in [4.78, 5) is 0. The van der Waals surface area contributed by atoms with Crippen molar-refractivity contribution in [3.05, 3.63) is 59.7 Å². The van der Waals surface area contributed by atoms with Gasteiger partial charge in [0.25, 0.3) is 0 Å². The van der Waals surface area contributed by atoms with Crippen molar-refractivity contribution in [3.8, 4) is 11.5 Å². The molecule has 0 bridgehead atoms. The second-order valence-electron chi connectivity index (χ2n) is 5.99. The Morgan fingerprint density at radius 2 is 1.17 bits per heavy atom. The molecule has 0 saturated heterocycles. The summed E-state index contributed by atoms with van der Waals surface area (Å²) in [7, 11) is 3.23. The Bertz CT molecular complexity index is 573. The van der Waals surface area contributed by atoms with Crippen LogP contribution in [0.15, 0.2) is 48.5 Å². The molecule has 0 aliphatic heterocycles. The minimum Gasteiger partial charge on any atom is -0.497 e. The lowest BCUT2D eigenvalue weighted by Crippen LogP contribution is -2.49. The highest BCUT2D eigenvalue weighted by Crippen LogP contribution is 2.36. The predicted molar refractivity (Wildman–Crippen MR) is 91.8 cm³/mol. The van der Waals surface area contributed by atoms with Crippen LogP contribution in [0.3, 0.4) is 0 Å². The third-order valence-electron chi connectivity index (χ3n) is 4.26. The molecular formula is C19H25NO3. The van der Waals surface area contributed by atoms with Crippen LogP contribution in [0.2, 0.25) is 0 Å². The van der Waals surface area contributed by atoms with E-state index in [4.69, 9.17) is 15.2 Å². The van der Waals surface area contributed by atoms with Gasteiger partial charge in [-0.05, 0) is 41.3 Å². The minimum atomic E-state index is -1.29. The fourth-order valence-electron chi connectivity index (χ4n) is 2.72. The number of aliphatic hydroxyl groups is 1. The molecule has 1 atom stereocenters. The van der Waals surface area contributed by atoms with Crippen molar-refractivity contribution >= 4 is 0 Å². The first-order valence-electron chi connectivity index (χ1n) is 7.70. The smallest absolute Gasteiger partial charge is 0.130 e. The molecule has 0 aliphatic carbocycles. The first kappa shape index (κ1) is 17.3. The highest BCUT2D eigenvalue weighted by Gasteiger charge is 2.39. The minimum absolute atomic E-state index is 0.101. The normalized spacial score (nSPS) is 13.0. The molecule has 0 amide bonds. The molecule has 0 radical (unpaired) electrons. The van der Waals surface area contributed by atoms with E-state index in [1.165, 1.54) is 0 Å². The van der Waals surface area contributed by atoms with Crippen LogP contribution >= 0.6 is 0 Å². The van der Waals surface area contributed by atoms with E-state index in [2.05, 4.69) is 0 Å². The van der Waals surface area contributed by atoms with Crippen molar-refractivity contribution in [2.45, 2.75) is 25.5 Å². The fraction of sp³-hybridized carbons (Fsp3) is 0.368. The van der Waals surface area contributed by atoms with Crippen LogP contribution in [0, 0.1) is 5.92 Å². The number of ether oxygens (including phenoxy) is 2.